The van der Waals surface area contributed by atoms with Crippen molar-refractivity contribution in [1.82, 2.24) is 29.5 Å². The van der Waals surface area contributed by atoms with Crippen LogP contribution >= 0.6 is 0 Å². The fourth-order valence-electron chi connectivity index (χ4n) is 3.63. The first-order valence-electron chi connectivity index (χ1n) is 10.4. The Morgan fingerprint density at radius 1 is 1.19 bits per heavy atom. The molecule has 31 heavy (non-hydrogen) atoms. The monoisotopic (exact) mass is 422 g/mol. The van der Waals surface area contributed by atoms with Gasteiger partial charge in [-0.2, -0.15) is 0 Å². The average molecular weight is 423 g/mol. The third-order valence-electron chi connectivity index (χ3n) is 5.25. The van der Waals surface area contributed by atoms with Crippen LogP contribution in [0.25, 0.3) is 0 Å². The second-order valence-corrected chi connectivity index (χ2v) is 8.06. The molecule has 0 radical (unpaired) electrons. The van der Waals surface area contributed by atoms with Gasteiger partial charge in [0.1, 0.15) is 11.9 Å². The molecule has 0 saturated carbocycles. The second kappa shape index (κ2) is 10.2. The van der Waals surface area contributed by atoms with Crippen molar-refractivity contribution in [2.45, 2.75) is 39.4 Å². The summed E-state index contributed by atoms with van der Waals surface area (Å²) in [4.78, 5) is 27.9. The maximum absolute atomic E-state index is 13.0. The van der Waals surface area contributed by atoms with Crippen LogP contribution in [0.3, 0.4) is 0 Å². The van der Waals surface area contributed by atoms with Crippen LogP contribution in [0.1, 0.15) is 40.3 Å². The number of aromatic nitrogens is 4. The molecule has 0 aliphatic carbocycles. The van der Waals surface area contributed by atoms with Gasteiger partial charge in [-0.1, -0.05) is 30.3 Å². The van der Waals surface area contributed by atoms with Gasteiger partial charge in [0.2, 0.25) is 0 Å². The molecular formula is C23H30N6O2. The molecule has 8 heteroatoms. The van der Waals surface area contributed by atoms with Crippen molar-refractivity contribution in [1.29, 1.82) is 0 Å². The number of rotatable bonds is 9. The largest absolute Gasteiger partial charge is 0.345 e. The number of aryl methyl sites for hydroxylation is 3. The molecule has 0 fully saturated rings. The lowest BCUT2D eigenvalue weighted by Crippen LogP contribution is -2.37. The standard InChI is InChI=1S/C23H30N6O2/c1-17-10-13-29(18(2)15-27(3)4)23(31)21(17)22(30)24-14-20-26-25-16-28(20)12-11-19-8-6-5-7-9-19/h5-10,13,16,18H,11-12,14-15H2,1-4H3,(H,24,30). The van der Waals surface area contributed by atoms with Crippen LogP contribution in [0.5, 0.6) is 0 Å². The van der Waals surface area contributed by atoms with Crippen molar-refractivity contribution in [2.75, 3.05) is 20.6 Å². The average Bonchev–Trinajstić information content (AvgIpc) is 3.18. The Morgan fingerprint density at radius 3 is 2.65 bits per heavy atom. The Balaban J connectivity index is 1.69. The van der Waals surface area contributed by atoms with E-state index in [-0.39, 0.29) is 23.7 Å². The van der Waals surface area contributed by atoms with Crippen LogP contribution in [-0.2, 0) is 19.5 Å². The molecule has 3 aromatic rings. The van der Waals surface area contributed by atoms with Crippen molar-refractivity contribution in [3.8, 4) is 0 Å². The molecular weight excluding hydrogens is 392 g/mol. The Labute approximate surface area is 182 Å². The van der Waals surface area contributed by atoms with E-state index < -0.39 is 5.91 Å². The Morgan fingerprint density at radius 2 is 1.94 bits per heavy atom. The van der Waals surface area contributed by atoms with Gasteiger partial charge < -0.3 is 19.4 Å². The van der Waals surface area contributed by atoms with Crippen LogP contribution < -0.4 is 10.9 Å². The minimum Gasteiger partial charge on any atom is -0.345 e. The summed E-state index contributed by atoms with van der Waals surface area (Å²) < 4.78 is 3.53. The normalized spacial score (nSPS) is 12.2. The molecule has 3 rings (SSSR count). The predicted molar refractivity (Wildman–Crippen MR) is 120 cm³/mol. The minimum atomic E-state index is -0.397. The smallest absolute Gasteiger partial charge is 0.263 e. The topological polar surface area (TPSA) is 85.1 Å². The zero-order chi connectivity index (χ0) is 22.4. The van der Waals surface area contributed by atoms with Crippen LogP contribution in [0.2, 0.25) is 0 Å². The SMILES string of the molecule is Cc1ccn(C(C)CN(C)C)c(=O)c1C(=O)NCc1nncn1CCc1ccccc1. The third-order valence-corrected chi connectivity index (χ3v) is 5.25. The molecule has 164 valence electrons. The minimum absolute atomic E-state index is 0.0456. The lowest BCUT2D eigenvalue weighted by molar-refractivity contribution is 0.0946. The number of hydrogen-bond acceptors (Lipinski definition) is 5. The molecule has 1 N–H and O–H groups in total. The molecule has 1 unspecified atom stereocenters. The van der Waals surface area contributed by atoms with Crippen molar-refractivity contribution >= 4 is 5.91 Å². The maximum atomic E-state index is 13.0. The molecule has 1 atom stereocenters. The van der Waals surface area contributed by atoms with E-state index >= 15 is 0 Å². The van der Waals surface area contributed by atoms with E-state index in [2.05, 4.69) is 27.6 Å². The summed E-state index contributed by atoms with van der Waals surface area (Å²) in [5.74, 6) is 0.255. The zero-order valence-corrected chi connectivity index (χ0v) is 18.6. The van der Waals surface area contributed by atoms with E-state index in [1.807, 2.05) is 54.8 Å². The fraction of sp³-hybridized carbons (Fsp3) is 0.391. The Bertz CT molecular complexity index is 1070. The van der Waals surface area contributed by atoms with Gasteiger partial charge in [-0.3, -0.25) is 9.59 Å². The molecule has 0 saturated heterocycles. The third kappa shape index (κ3) is 5.67. The van der Waals surface area contributed by atoms with E-state index in [4.69, 9.17) is 0 Å². The predicted octanol–water partition coefficient (Wildman–Crippen LogP) is 2.04. The van der Waals surface area contributed by atoms with Crippen molar-refractivity contribution in [3.05, 3.63) is 81.8 Å². The molecule has 0 aliphatic rings. The summed E-state index contributed by atoms with van der Waals surface area (Å²) in [5, 5.41) is 10.9. The van der Waals surface area contributed by atoms with Gasteiger partial charge in [-0.15, -0.1) is 10.2 Å². The lowest BCUT2D eigenvalue weighted by Gasteiger charge is -2.20. The number of likely N-dealkylation sites (N-methyl/N-ethyl adjacent to an activating group) is 1. The van der Waals surface area contributed by atoms with Gasteiger partial charge >= 0.3 is 0 Å². The molecule has 0 bridgehead atoms. The summed E-state index contributed by atoms with van der Waals surface area (Å²) in [7, 11) is 3.91. The summed E-state index contributed by atoms with van der Waals surface area (Å²) in [6.45, 7) is 5.36. The van der Waals surface area contributed by atoms with E-state index in [0.717, 1.165) is 6.42 Å². The summed E-state index contributed by atoms with van der Waals surface area (Å²) in [5.41, 5.74) is 1.76. The number of nitrogens with one attached hydrogen (secondary N) is 1. The number of carbonyl (C=O) groups is 1. The van der Waals surface area contributed by atoms with Crippen molar-refractivity contribution in [2.24, 2.45) is 0 Å². The molecule has 1 amide bonds. The van der Waals surface area contributed by atoms with Crippen LogP contribution in [0.4, 0.5) is 0 Å². The van der Waals surface area contributed by atoms with Crippen LogP contribution in [0, 0.1) is 6.92 Å². The highest BCUT2D eigenvalue weighted by Gasteiger charge is 2.19. The lowest BCUT2D eigenvalue weighted by atomic mass is 10.1. The first-order valence-corrected chi connectivity index (χ1v) is 10.4. The first-order chi connectivity index (χ1) is 14.9. The molecule has 8 nitrogen and oxygen atoms in total. The van der Waals surface area contributed by atoms with Gasteiger partial charge in [-0.25, -0.2) is 0 Å². The quantitative estimate of drug-likeness (QED) is 0.570. The number of pyridine rings is 1. The van der Waals surface area contributed by atoms with E-state index in [1.165, 1.54) is 5.56 Å². The summed E-state index contributed by atoms with van der Waals surface area (Å²) in [6, 6.07) is 11.9. The van der Waals surface area contributed by atoms with Gasteiger partial charge in [0, 0.05) is 25.3 Å². The van der Waals surface area contributed by atoms with E-state index in [0.29, 0.717) is 24.5 Å². The number of nitrogens with zero attached hydrogens (tertiary/aromatic N) is 5. The molecule has 2 aromatic heterocycles. The molecule has 2 heterocycles. The zero-order valence-electron chi connectivity index (χ0n) is 18.6. The number of hydrogen-bond donors (Lipinski definition) is 1. The summed E-state index contributed by atoms with van der Waals surface area (Å²) >= 11 is 0. The van der Waals surface area contributed by atoms with Gasteiger partial charge in [0.05, 0.1) is 6.54 Å². The van der Waals surface area contributed by atoms with Crippen molar-refractivity contribution < 1.29 is 4.79 Å². The molecule has 0 aliphatic heterocycles. The van der Waals surface area contributed by atoms with Crippen LogP contribution in [0.15, 0.2) is 53.7 Å². The van der Waals surface area contributed by atoms with Crippen molar-refractivity contribution in [3.63, 3.8) is 0 Å². The van der Waals surface area contributed by atoms with Crippen LogP contribution in [-0.4, -0.2) is 50.8 Å². The van der Waals surface area contributed by atoms with E-state index in [9.17, 15) is 9.59 Å². The second-order valence-electron chi connectivity index (χ2n) is 8.06. The fourth-order valence-corrected chi connectivity index (χ4v) is 3.63. The maximum Gasteiger partial charge on any atom is 0.263 e. The first kappa shape index (κ1) is 22.4. The van der Waals surface area contributed by atoms with Gasteiger partial charge in [-0.05, 0) is 51.6 Å². The number of carbonyl (C=O) groups excluding carboxylic acids is 1. The Hall–Kier alpha value is -3.26. The highest BCUT2D eigenvalue weighted by molar-refractivity contribution is 5.95. The highest BCUT2D eigenvalue weighted by atomic mass is 16.2. The summed E-state index contributed by atoms with van der Waals surface area (Å²) in [6.07, 6.45) is 4.25. The van der Waals surface area contributed by atoms with E-state index in [1.54, 1.807) is 24.0 Å². The number of amides is 1. The van der Waals surface area contributed by atoms with Gasteiger partial charge in [0.25, 0.3) is 11.5 Å². The molecule has 1 aromatic carbocycles. The van der Waals surface area contributed by atoms with Gasteiger partial charge in [0.15, 0.2) is 5.82 Å². The highest BCUT2D eigenvalue weighted by Crippen LogP contribution is 2.09. The molecule has 0 spiro atoms. The Kier molecular flexibility index (Phi) is 7.36. The number of benzene rings is 1.